The molecule has 4 aliphatic heterocycles. The molecule has 8 fully saturated rings. The first-order valence-electron chi connectivity index (χ1n) is 23.2. The van der Waals surface area contributed by atoms with Crippen molar-refractivity contribution in [1.29, 1.82) is 0 Å². The van der Waals surface area contributed by atoms with Crippen molar-refractivity contribution >= 4 is 5.97 Å². The minimum atomic E-state index is -1.69. The van der Waals surface area contributed by atoms with E-state index in [2.05, 4.69) is 34.6 Å². The summed E-state index contributed by atoms with van der Waals surface area (Å²) < 4.78 is 42.7. The number of cyclic esters (lactones) is 1. The van der Waals surface area contributed by atoms with Crippen LogP contribution in [-0.4, -0.2) is 158 Å². The van der Waals surface area contributed by atoms with Crippen LogP contribution in [0.25, 0.3) is 0 Å². The fraction of sp³-hybridized carbons (Fsp3) is 0.935. The van der Waals surface area contributed by atoms with Gasteiger partial charge in [-0.3, -0.25) is 0 Å². The van der Waals surface area contributed by atoms with Gasteiger partial charge in [-0.1, -0.05) is 40.2 Å². The molecular weight excluding hydrogens is 808 g/mol. The Morgan fingerprint density at radius 1 is 0.661 bits per heavy atom. The Hall–Kier alpha value is -1.35. The molecule has 0 aromatic rings. The fourth-order valence-corrected chi connectivity index (χ4v) is 14.7. The minimum absolute atomic E-state index is 0.0323. The van der Waals surface area contributed by atoms with Crippen molar-refractivity contribution in [2.45, 2.75) is 211 Å². The smallest absolute Gasteiger partial charge is 0.339 e. The van der Waals surface area contributed by atoms with Crippen LogP contribution in [0.4, 0.5) is 0 Å². The molecule has 4 aliphatic carbocycles. The maximum absolute atomic E-state index is 13.4. The monoisotopic (exact) mass is 882 g/mol. The predicted octanol–water partition coefficient (Wildman–Crippen LogP) is 1.82. The first kappa shape index (κ1) is 47.2. The Morgan fingerprint density at radius 2 is 1.31 bits per heavy atom. The zero-order valence-corrected chi connectivity index (χ0v) is 37.7. The molecule has 0 spiro atoms. The predicted molar refractivity (Wildman–Crippen MR) is 218 cm³/mol. The molecule has 8 aliphatic rings. The first-order valence-corrected chi connectivity index (χ1v) is 23.2. The standard InChI is InChI=1S/C46H74O16/c1-21(2)17-23-18-46(55,41(54)59-23)25-11-15-44(7)24(25)9-10-29-43(6)14-13-30(42(4,5)28(43)12-16-45(29,44)8)60-40-37(62-39-35(53)33(51)31(49)22(3)58-39)36(27(48)20-57-40)61-38-34(52)32(50)26(47)19-56-38/h17,22-40,47-53,55H,9-16,18-20H2,1-8H3. The van der Waals surface area contributed by atoms with Crippen LogP contribution in [0, 0.1) is 45.3 Å². The molecule has 4 heterocycles. The van der Waals surface area contributed by atoms with Crippen LogP contribution in [0.15, 0.2) is 11.6 Å². The van der Waals surface area contributed by atoms with Crippen LogP contribution >= 0.6 is 0 Å². The van der Waals surface area contributed by atoms with E-state index in [-0.39, 0.29) is 53.3 Å². The number of allylic oxidation sites excluding steroid dienone is 1. The average molecular weight is 883 g/mol. The second kappa shape index (κ2) is 16.8. The third-order valence-corrected chi connectivity index (χ3v) is 18.1. The molecule has 23 atom stereocenters. The van der Waals surface area contributed by atoms with E-state index in [4.69, 9.17) is 33.2 Å². The number of ether oxygens (including phenoxy) is 7. The molecule has 62 heavy (non-hydrogen) atoms. The average Bonchev–Trinajstić information content (AvgIpc) is 3.71. The third kappa shape index (κ3) is 7.46. The third-order valence-electron chi connectivity index (χ3n) is 18.1. The molecular formula is C46H74O16. The van der Waals surface area contributed by atoms with E-state index in [1.165, 1.54) is 6.92 Å². The molecule has 16 heteroatoms. The van der Waals surface area contributed by atoms with Crippen LogP contribution in [-0.2, 0) is 38.0 Å². The van der Waals surface area contributed by atoms with Gasteiger partial charge in [-0.05, 0) is 118 Å². The summed E-state index contributed by atoms with van der Waals surface area (Å²) in [5.41, 5.74) is -0.999. The van der Waals surface area contributed by atoms with Gasteiger partial charge in [0.15, 0.2) is 24.5 Å². The van der Waals surface area contributed by atoms with Gasteiger partial charge in [0.25, 0.3) is 0 Å². The van der Waals surface area contributed by atoms with Crippen molar-refractivity contribution in [2.24, 2.45) is 45.3 Å². The number of esters is 1. The lowest BCUT2D eigenvalue weighted by atomic mass is 9.35. The second-order valence-electron chi connectivity index (χ2n) is 22.0. The summed E-state index contributed by atoms with van der Waals surface area (Å²) in [4.78, 5) is 13.4. The lowest BCUT2D eigenvalue weighted by Crippen LogP contribution is -2.66. The Labute approximate surface area is 365 Å². The maximum atomic E-state index is 13.4. The maximum Gasteiger partial charge on any atom is 0.339 e. The summed E-state index contributed by atoms with van der Waals surface area (Å²) in [5.74, 6) is 0.183. The molecule has 8 rings (SSSR count). The Kier molecular flexibility index (Phi) is 12.7. The number of rotatable bonds is 8. The molecule has 0 radical (unpaired) electrons. The Bertz CT molecular complexity index is 1670. The van der Waals surface area contributed by atoms with E-state index in [9.17, 15) is 45.6 Å². The summed E-state index contributed by atoms with van der Waals surface area (Å²) in [6.07, 6.45) is -9.87. The summed E-state index contributed by atoms with van der Waals surface area (Å²) in [7, 11) is 0. The van der Waals surface area contributed by atoms with Crippen molar-refractivity contribution in [2.75, 3.05) is 13.2 Å². The largest absolute Gasteiger partial charge is 0.456 e. The molecule has 4 saturated carbocycles. The van der Waals surface area contributed by atoms with E-state index in [0.29, 0.717) is 18.8 Å². The number of hydrogen-bond acceptors (Lipinski definition) is 16. The van der Waals surface area contributed by atoms with Crippen molar-refractivity contribution in [3.8, 4) is 0 Å². The van der Waals surface area contributed by atoms with Gasteiger partial charge in [0.1, 0.15) is 61.0 Å². The van der Waals surface area contributed by atoms with Crippen molar-refractivity contribution < 1.29 is 78.8 Å². The number of aliphatic hydroxyl groups excluding tert-OH is 7. The molecule has 4 saturated heterocycles. The van der Waals surface area contributed by atoms with Crippen LogP contribution < -0.4 is 0 Å². The molecule has 0 aromatic heterocycles. The molecule has 0 aromatic carbocycles. The van der Waals surface area contributed by atoms with E-state index in [0.717, 1.165) is 50.5 Å². The number of hydrogen-bond donors (Lipinski definition) is 8. The summed E-state index contributed by atoms with van der Waals surface area (Å²) in [6, 6.07) is 0. The Morgan fingerprint density at radius 3 is 2.02 bits per heavy atom. The van der Waals surface area contributed by atoms with Gasteiger partial charge in [-0.15, -0.1) is 0 Å². The lowest BCUT2D eigenvalue weighted by molar-refractivity contribution is -0.383. The summed E-state index contributed by atoms with van der Waals surface area (Å²) in [5, 5.41) is 86.8. The van der Waals surface area contributed by atoms with Crippen LogP contribution in [0.5, 0.6) is 0 Å². The minimum Gasteiger partial charge on any atom is -0.456 e. The molecule has 23 unspecified atom stereocenters. The van der Waals surface area contributed by atoms with Crippen molar-refractivity contribution in [1.82, 2.24) is 0 Å². The number of fused-ring (bicyclic) bond motifs is 5. The van der Waals surface area contributed by atoms with Gasteiger partial charge in [-0.2, -0.15) is 0 Å². The highest BCUT2D eigenvalue weighted by atomic mass is 16.8. The summed E-state index contributed by atoms with van der Waals surface area (Å²) in [6.45, 7) is 16.7. The van der Waals surface area contributed by atoms with Gasteiger partial charge in [-0.25, -0.2) is 4.79 Å². The SMILES string of the molecule is CC(C)=CC1CC(O)(C2CCC3(C)C2CCC2C4(C)CCC(OC5OCC(O)C(OC6OCC(O)C(O)C6O)C5OC5OC(C)C(O)C(O)C5O)C(C)(C)C4CCC23C)C(=O)O1. The molecule has 8 N–H and O–H groups in total. The second-order valence-corrected chi connectivity index (χ2v) is 22.0. The van der Waals surface area contributed by atoms with Gasteiger partial charge in [0, 0.05) is 12.3 Å². The van der Waals surface area contributed by atoms with E-state index < -0.39 is 103 Å². The highest BCUT2D eigenvalue weighted by Crippen LogP contribution is 2.76. The topological polar surface area (TPSA) is 244 Å². The first-order chi connectivity index (χ1) is 29.0. The number of aliphatic hydroxyl groups is 8. The van der Waals surface area contributed by atoms with Crippen LogP contribution in [0.1, 0.15) is 113 Å². The van der Waals surface area contributed by atoms with E-state index >= 15 is 0 Å². The van der Waals surface area contributed by atoms with Crippen molar-refractivity contribution in [3.05, 3.63) is 11.6 Å². The molecule has 0 amide bonds. The van der Waals surface area contributed by atoms with Gasteiger partial charge in [0.2, 0.25) is 0 Å². The molecule has 354 valence electrons. The Balaban J connectivity index is 1.02. The van der Waals surface area contributed by atoms with E-state index in [1.54, 1.807) is 0 Å². The zero-order valence-electron chi connectivity index (χ0n) is 37.7. The highest BCUT2D eigenvalue weighted by Gasteiger charge is 2.71. The van der Waals surface area contributed by atoms with Gasteiger partial charge >= 0.3 is 5.97 Å². The normalized spacial score (nSPS) is 55.1. The van der Waals surface area contributed by atoms with Gasteiger partial charge < -0.3 is 74.0 Å². The number of carbonyl (C=O) groups is 1. The zero-order chi connectivity index (χ0) is 45.1. The molecule has 16 nitrogen and oxygen atoms in total. The lowest BCUT2D eigenvalue weighted by Gasteiger charge is -2.70. The highest BCUT2D eigenvalue weighted by molar-refractivity contribution is 5.82. The van der Waals surface area contributed by atoms with Crippen molar-refractivity contribution in [3.63, 3.8) is 0 Å². The van der Waals surface area contributed by atoms with Crippen LogP contribution in [0.3, 0.4) is 0 Å². The summed E-state index contributed by atoms with van der Waals surface area (Å²) >= 11 is 0. The quantitative estimate of drug-likeness (QED) is 0.0985. The van der Waals surface area contributed by atoms with Gasteiger partial charge in [0.05, 0.1) is 25.4 Å². The number of carbonyl (C=O) groups excluding carboxylic acids is 1. The fourth-order valence-electron chi connectivity index (χ4n) is 14.7. The van der Waals surface area contributed by atoms with E-state index in [1.807, 2.05) is 19.9 Å². The van der Waals surface area contributed by atoms with Crippen LogP contribution in [0.2, 0.25) is 0 Å². The molecule has 0 bridgehead atoms.